The summed E-state index contributed by atoms with van der Waals surface area (Å²) in [7, 11) is 0. The molecule has 2 nitrogen and oxygen atoms in total. The van der Waals surface area contributed by atoms with E-state index in [4.69, 9.17) is 0 Å². The summed E-state index contributed by atoms with van der Waals surface area (Å²) in [6, 6.07) is 6.19. The molecule has 92 valence electrons. The van der Waals surface area contributed by atoms with Crippen molar-refractivity contribution in [1.29, 1.82) is 0 Å². The predicted molar refractivity (Wildman–Crippen MR) is 71.1 cm³/mol. The summed E-state index contributed by atoms with van der Waals surface area (Å²) in [6.45, 7) is 7.19. The van der Waals surface area contributed by atoms with Crippen molar-refractivity contribution in [2.75, 3.05) is 18.0 Å². The van der Waals surface area contributed by atoms with Crippen molar-refractivity contribution in [3.63, 3.8) is 0 Å². The average molecular weight is 230 g/mol. The van der Waals surface area contributed by atoms with Gasteiger partial charge in [0.2, 0.25) is 0 Å². The summed E-state index contributed by atoms with van der Waals surface area (Å²) < 4.78 is 0. The van der Waals surface area contributed by atoms with E-state index >= 15 is 0 Å². The van der Waals surface area contributed by atoms with Crippen molar-refractivity contribution in [2.45, 2.75) is 33.1 Å². The quantitative estimate of drug-likeness (QED) is 0.791. The molecule has 1 aliphatic carbocycles. The maximum atomic E-state index is 4.42. The zero-order valence-electron chi connectivity index (χ0n) is 10.9. The van der Waals surface area contributed by atoms with Gasteiger partial charge in [0.05, 0.1) is 0 Å². The normalized spacial score (nSPS) is 24.2. The van der Waals surface area contributed by atoms with Crippen molar-refractivity contribution in [3.8, 4) is 0 Å². The van der Waals surface area contributed by atoms with E-state index in [-0.39, 0.29) is 0 Å². The Kier molecular flexibility index (Phi) is 2.61. The van der Waals surface area contributed by atoms with E-state index in [1.165, 1.54) is 32.4 Å². The molecule has 1 aliphatic heterocycles. The van der Waals surface area contributed by atoms with Gasteiger partial charge in [0.1, 0.15) is 5.82 Å². The maximum absolute atomic E-state index is 4.42. The molecule has 1 saturated carbocycles. The van der Waals surface area contributed by atoms with Crippen LogP contribution in [-0.2, 0) is 0 Å². The van der Waals surface area contributed by atoms with E-state index in [1.807, 2.05) is 12.3 Å². The second kappa shape index (κ2) is 4.01. The zero-order valence-corrected chi connectivity index (χ0v) is 10.9. The summed E-state index contributed by atoms with van der Waals surface area (Å²) in [5.41, 5.74) is 0.658. The Balaban J connectivity index is 1.53. The summed E-state index contributed by atoms with van der Waals surface area (Å²) in [4.78, 5) is 6.84. The number of rotatable bonds is 3. The van der Waals surface area contributed by atoms with Crippen LogP contribution in [0, 0.1) is 17.3 Å². The lowest BCUT2D eigenvalue weighted by Gasteiger charge is -2.60. The van der Waals surface area contributed by atoms with Gasteiger partial charge in [0.15, 0.2) is 0 Å². The molecule has 1 unspecified atom stereocenters. The minimum atomic E-state index is 0.658. The van der Waals surface area contributed by atoms with E-state index < -0.39 is 0 Å². The van der Waals surface area contributed by atoms with Crippen molar-refractivity contribution >= 4 is 5.82 Å². The van der Waals surface area contributed by atoms with Gasteiger partial charge in [-0.2, -0.15) is 0 Å². The highest BCUT2D eigenvalue weighted by atomic mass is 15.3. The van der Waals surface area contributed by atoms with E-state index in [1.54, 1.807) is 0 Å². The monoisotopic (exact) mass is 230 g/mol. The molecule has 0 amide bonds. The standard InChI is InChI=1S/C15H22N2/c1-3-12(2)13-8-15(9-13)10-17(11-15)14-6-4-5-7-16-14/h4-7,12-13H,3,8-11H2,1-2H3. The Morgan fingerprint density at radius 1 is 1.41 bits per heavy atom. The number of anilines is 1. The highest BCUT2D eigenvalue weighted by Gasteiger charge is 2.53. The fourth-order valence-electron chi connectivity index (χ4n) is 3.51. The van der Waals surface area contributed by atoms with E-state index in [0.717, 1.165) is 17.7 Å². The Hall–Kier alpha value is -1.05. The Morgan fingerprint density at radius 3 is 2.76 bits per heavy atom. The van der Waals surface area contributed by atoms with Gasteiger partial charge in [0.25, 0.3) is 0 Å². The van der Waals surface area contributed by atoms with Gasteiger partial charge in [0, 0.05) is 24.7 Å². The lowest BCUT2D eigenvalue weighted by Crippen LogP contribution is -2.63. The van der Waals surface area contributed by atoms with Crippen LogP contribution in [0.5, 0.6) is 0 Å². The molecule has 1 atom stereocenters. The minimum absolute atomic E-state index is 0.658. The zero-order chi connectivity index (χ0) is 11.9. The average Bonchev–Trinajstić information content (AvgIpc) is 2.26. The van der Waals surface area contributed by atoms with Crippen LogP contribution in [0.25, 0.3) is 0 Å². The molecule has 3 rings (SSSR count). The van der Waals surface area contributed by atoms with Crippen molar-refractivity contribution in [2.24, 2.45) is 17.3 Å². The number of pyridine rings is 1. The number of nitrogens with zero attached hydrogens (tertiary/aromatic N) is 2. The first-order valence-corrected chi connectivity index (χ1v) is 6.88. The highest BCUT2D eigenvalue weighted by molar-refractivity contribution is 5.43. The van der Waals surface area contributed by atoms with Gasteiger partial charge in [-0.3, -0.25) is 0 Å². The number of hydrogen-bond acceptors (Lipinski definition) is 2. The molecular weight excluding hydrogens is 208 g/mol. The third kappa shape index (κ3) is 1.84. The van der Waals surface area contributed by atoms with Gasteiger partial charge >= 0.3 is 0 Å². The fraction of sp³-hybridized carbons (Fsp3) is 0.667. The topological polar surface area (TPSA) is 16.1 Å². The minimum Gasteiger partial charge on any atom is -0.355 e. The molecule has 0 radical (unpaired) electrons. The van der Waals surface area contributed by atoms with Crippen LogP contribution in [0.3, 0.4) is 0 Å². The molecule has 1 spiro atoms. The smallest absolute Gasteiger partial charge is 0.128 e. The molecule has 17 heavy (non-hydrogen) atoms. The first-order valence-electron chi connectivity index (χ1n) is 6.88. The predicted octanol–water partition coefficient (Wildman–Crippen LogP) is 3.34. The molecule has 2 heterocycles. The second-order valence-corrected chi connectivity index (χ2v) is 6.10. The second-order valence-electron chi connectivity index (χ2n) is 6.10. The van der Waals surface area contributed by atoms with Crippen LogP contribution < -0.4 is 4.90 Å². The molecule has 0 aromatic carbocycles. The van der Waals surface area contributed by atoms with Crippen LogP contribution in [0.4, 0.5) is 5.82 Å². The molecule has 0 N–H and O–H groups in total. The number of hydrogen-bond donors (Lipinski definition) is 0. The molecule has 2 aliphatic rings. The van der Waals surface area contributed by atoms with Crippen molar-refractivity contribution in [3.05, 3.63) is 24.4 Å². The van der Waals surface area contributed by atoms with E-state index in [9.17, 15) is 0 Å². The summed E-state index contributed by atoms with van der Waals surface area (Å²) >= 11 is 0. The van der Waals surface area contributed by atoms with Crippen molar-refractivity contribution < 1.29 is 0 Å². The lowest BCUT2D eigenvalue weighted by molar-refractivity contribution is -0.00590. The lowest BCUT2D eigenvalue weighted by atomic mass is 9.54. The number of aromatic nitrogens is 1. The largest absolute Gasteiger partial charge is 0.355 e. The first-order chi connectivity index (χ1) is 8.22. The first kappa shape index (κ1) is 11.1. The Bertz CT molecular complexity index is 373. The third-order valence-electron chi connectivity index (χ3n) is 4.86. The molecule has 1 saturated heterocycles. The summed E-state index contributed by atoms with van der Waals surface area (Å²) in [6.07, 6.45) is 6.13. The van der Waals surface area contributed by atoms with Gasteiger partial charge in [-0.15, -0.1) is 0 Å². The Morgan fingerprint density at radius 2 is 2.18 bits per heavy atom. The van der Waals surface area contributed by atoms with Gasteiger partial charge in [-0.1, -0.05) is 26.3 Å². The van der Waals surface area contributed by atoms with Crippen LogP contribution in [0.1, 0.15) is 33.1 Å². The fourth-order valence-corrected chi connectivity index (χ4v) is 3.51. The SMILES string of the molecule is CCC(C)C1CC2(C1)CN(c1ccccn1)C2. The van der Waals surface area contributed by atoms with Crippen LogP contribution in [0.2, 0.25) is 0 Å². The van der Waals surface area contributed by atoms with Crippen molar-refractivity contribution in [1.82, 2.24) is 4.98 Å². The van der Waals surface area contributed by atoms with Crippen LogP contribution in [0.15, 0.2) is 24.4 Å². The highest BCUT2D eigenvalue weighted by Crippen LogP contribution is 2.55. The van der Waals surface area contributed by atoms with Gasteiger partial charge in [-0.25, -0.2) is 4.98 Å². The van der Waals surface area contributed by atoms with Crippen LogP contribution in [-0.4, -0.2) is 18.1 Å². The maximum Gasteiger partial charge on any atom is 0.128 e. The van der Waals surface area contributed by atoms with E-state index in [0.29, 0.717) is 5.41 Å². The van der Waals surface area contributed by atoms with E-state index in [2.05, 4.69) is 35.9 Å². The molecule has 0 bridgehead atoms. The molecule has 1 aromatic heterocycles. The van der Waals surface area contributed by atoms with Gasteiger partial charge < -0.3 is 4.90 Å². The van der Waals surface area contributed by atoms with Crippen LogP contribution >= 0.6 is 0 Å². The van der Waals surface area contributed by atoms with Gasteiger partial charge in [-0.05, 0) is 36.8 Å². The Labute approximate surface area is 104 Å². The summed E-state index contributed by atoms with van der Waals surface area (Å²) in [5.74, 6) is 3.07. The molecule has 2 heteroatoms. The molecule has 2 fully saturated rings. The third-order valence-corrected chi connectivity index (χ3v) is 4.86. The molecular formula is C15H22N2. The molecule has 1 aromatic rings. The summed E-state index contributed by atoms with van der Waals surface area (Å²) in [5, 5.41) is 0.